The number of hydrogen-bond donors (Lipinski definition) is 1. The average molecular weight is 299 g/mol. The van der Waals surface area contributed by atoms with Crippen LogP contribution in [0.4, 0.5) is 5.82 Å². The number of nitrogens with one attached hydrogen (secondary N) is 1. The molecule has 1 aromatic heterocycles. The maximum atomic E-state index is 11.7. The quantitative estimate of drug-likeness (QED) is 0.834. The summed E-state index contributed by atoms with van der Waals surface area (Å²) in [5.74, 6) is 0.433. The van der Waals surface area contributed by atoms with Gasteiger partial charge in [-0.05, 0) is 39.8 Å². The smallest absolute Gasteiger partial charge is 0.179 e. The number of sulfone groups is 1. The highest BCUT2D eigenvalue weighted by Crippen LogP contribution is 2.17. The molecule has 0 fully saturated rings. The summed E-state index contributed by atoms with van der Waals surface area (Å²) in [6.07, 6.45) is 2.80. The van der Waals surface area contributed by atoms with Crippen LogP contribution in [-0.2, 0) is 9.84 Å². The van der Waals surface area contributed by atoms with Crippen LogP contribution in [-0.4, -0.2) is 49.7 Å². The van der Waals surface area contributed by atoms with E-state index in [2.05, 4.69) is 42.9 Å². The lowest BCUT2D eigenvalue weighted by atomic mass is 10.2. The molecule has 0 radical (unpaired) electrons. The van der Waals surface area contributed by atoms with Crippen LogP contribution in [0.5, 0.6) is 0 Å². The fourth-order valence-corrected chi connectivity index (χ4v) is 3.04. The molecule has 20 heavy (non-hydrogen) atoms. The lowest BCUT2D eigenvalue weighted by Crippen LogP contribution is -2.40. The summed E-state index contributed by atoms with van der Waals surface area (Å²) in [6, 6.07) is 4.12. The third-order valence-electron chi connectivity index (χ3n) is 3.16. The van der Waals surface area contributed by atoms with Crippen LogP contribution in [0.3, 0.4) is 0 Å². The van der Waals surface area contributed by atoms with E-state index in [0.29, 0.717) is 24.4 Å². The minimum absolute atomic E-state index is 0.251. The van der Waals surface area contributed by atoms with E-state index in [4.69, 9.17) is 0 Å². The molecule has 1 aromatic rings. The second-order valence-corrected chi connectivity index (χ2v) is 7.46. The molecule has 0 spiro atoms. The molecule has 6 heteroatoms. The zero-order chi connectivity index (χ0) is 15.3. The van der Waals surface area contributed by atoms with E-state index in [0.717, 1.165) is 6.54 Å². The van der Waals surface area contributed by atoms with Crippen molar-refractivity contribution >= 4 is 15.7 Å². The highest BCUT2D eigenvalue weighted by atomic mass is 32.2. The lowest BCUT2D eigenvalue weighted by Gasteiger charge is -2.30. The molecule has 0 saturated carbocycles. The first-order chi connectivity index (χ1) is 9.23. The van der Waals surface area contributed by atoms with Crippen LogP contribution in [0.15, 0.2) is 23.2 Å². The molecule has 0 aromatic carbocycles. The van der Waals surface area contributed by atoms with Gasteiger partial charge in [0.2, 0.25) is 0 Å². The van der Waals surface area contributed by atoms with Crippen molar-refractivity contribution in [3.63, 3.8) is 0 Å². The molecule has 0 aliphatic carbocycles. The Morgan fingerprint density at radius 1 is 1.25 bits per heavy atom. The molecule has 0 aliphatic rings. The van der Waals surface area contributed by atoms with E-state index >= 15 is 0 Å². The molecular formula is C14H25N3O2S. The first kappa shape index (κ1) is 16.9. The highest BCUT2D eigenvalue weighted by molar-refractivity contribution is 7.90. The molecule has 0 saturated heterocycles. The van der Waals surface area contributed by atoms with E-state index in [1.807, 2.05) is 0 Å². The Labute approximate surface area is 122 Å². The molecule has 0 amide bonds. The minimum Gasteiger partial charge on any atom is -0.368 e. The molecule has 0 unspecified atom stereocenters. The normalized spacial score (nSPS) is 12.4. The van der Waals surface area contributed by atoms with E-state index in [1.54, 1.807) is 18.3 Å². The van der Waals surface area contributed by atoms with Gasteiger partial charge in [0.05, 0.1) is 0 Å². The molecule has 1 N–H and O–H groups in total. The number of rotatable bonds is 7. The van der Waals surface area contributed by atoms with Crippen LogP contribution in [0.25, 0.3) is 0 Å². The molecular weight excluding hydrogens is 274 g/mol. The molecule has 0 aliphatic heterocycles. The van der Waals surface area contributed by atoms with Crippen LogP contribution in [0.1, 0.15) is 27.7 Å². The fraction of sp³-hybridized carbons (Fsp3) is 0.643. The SMILES string of the molecule is CC(C)N(CCNc1ncccc1S(C)(=O)=O)C(C)C. The Bertz CT molecular complexity index is 519. The van der Waals surface area contributed by atoms with Gasteiger partial charge in [-0.25, -0.2) is 13.4 Å². The van der Waals surface area contributed by atoms with Crippen molar-refractivity contribution < 1.29 is 8.42 Å². The topological polar surface area (TPSA) is 62.3 Å². The first-order valence-corrected chi connectivity index (χ1v) is 8.77. The third-order valence-corrected chi connectivity index (χ3v) is 4.29. The maximum absolute atomic E-state index is 11.7. The Kier molecular flexibility index (Phi) is 5.95. The van der Waals surface area contributed by atoms with Crippen LogP contribution in [0, 0.1) is 0 Å². The van der Waals surface area contributed by atoms with Gasteiger partial charge in [-0.15, -0.1) is 0 Å². The number of anilines is 1. The van der Waals surface area contributed by atoms with Gasteiger partial charge >= 0.3 is 0 Å². The van der Waals surface area contributed by atoms with Gasteiger partial charge in [0.15, 0.2) is 9.84 Å². The Hall–Kier alpha value is -1.14. The number of hydrogen-bond acceptors (Lipinski definition) is 5. The van der Waals surface area contributed by atoms with E-state index in [1.165, 1.54) is 6.26 Å². The predicted octanol–water partition coefficient (Wildman–Crippen LogP) is 2.02. The van der Waals surface area contributed by atoms with Gasteiger partial charge in [-0.2, -0.15) is 0 Å². The summed E-state index contributed by atoms with van der Waals surface area (Å²) in [5.41, 5.74) is 0. The van der Waals surface area contributed by atoms with Crippen molar-refractivity contribution in [1.82, 2.24) is 9.88 Å². The lowest BCUT2D eigenvalue weighted by molar-refractivity contribution is 0.182. The van der Waals surface area contributed by atoms with Crippen LogP contribution >= 0.6 is 0 Å². The van der Waals surface area contributed by atoms with Crippen molar-refractivity contribution in [3.05, 3.63) is 18.3 Å². The summed E-state index contributed by atoms with van der Waals surface area (Å²) < 4.78 is 23.4. The van der Waals surface area contributed by atoms with Crippen LogP contribution < -0.4 is 5.32 Å². The van der Waals surface area contributed by atoms with Gasteiger partial charge in [-0.1, -0.05) is 0 Å². The van der Waals surface area contributed by atoms with Crippen LogP contribution in [0.2, 0.25) is 0 Å². The van der Waals surface area contributed by atoms with E-state index in [-0.39, 0.29) is 4.90 Å². The second-order valence-electron chi connectivity index (χ2n) is 5.47. The number of aromatic nitrogens is 1. The van der Waals surface area contributed by atoms with Crippen molar-refractivity contribution in [1.29, 1.82) is 0 Å². The van der Waals surface area contributed by atoms with Gasteiger partial charge < -0.3 is 5.32 Å². The summed E-state index contributed by atoms with van der Waals surface area (Å²) in [5, 5.41) is 3.13. The third kappa shape index (κ3) is 4.76. The summed E-state index contributed by atoms with van der Waals surface area (Å²) in [6.45, 7) is 10.1. The first-order valence-electron chi connectivity index (χ1n) is 6.88. The Morgan fingerprint density at radius 2 is 1.85 bits per heavy atom. The summed E-state index contributed by atoms with van der Waals surface area (Å²) in [4.78, 5) is 6.72. The fourth-order valence-electron chi connectivity index (χ4n) is 2.24. The van der Waals surface area contributed by atoms with Gasteiger partial charge in [0, 0.05) is 37.6 Å². The van der Waals surface area contributed by atoms with Crippen molar-refractivity contribution in [2.45, 2.75) is 44.7 Å². The zero-order valence-electron chi connectivity index (χ0n) is 12.9. The van der Waals surface area contributed by atoms with Crippen molar-refractivity contribution in [3.8, 4) is 0 Å². The van der Waals surface area contributed by atoms with Gasteiger partial charge in [0.25, 0.3) is 0 Å². The molecule has 0 bridgehead atoms. The Balaban J connectivity index is 2.72. The largest absolute Gasteiger partial charge is 0.368 e. The maximum Gasteiger partial charge on any atom is 0.179 e. The Morgan fingerprint density at radius 3 is 2.35 bits per heavy atom. The van der Waals surface area contributed by atoms with Crippen molar-refractivity contribution in [2.24, 2.45) is 0 Å². The van der Waals surface area contributed by atoms with E-state index in [9.17, 15) is 8.42 Å². The molecule has 114 valence electrons. The predicted molar refractivity (Wildman–Crippen MR) is 82.8 cm³/mol. The molecule has 5 nitrogen and oxygen atoms in total. The monoisotopic (exact) mass is 299 g/mol. The number of nitrogens with zero attached hydrogens (tertiary/aromatic N) is 2. The van der Waals surface area contributed by atoms with Gasteiger partial charge in [-0.3, -0.25) is 4.90 Å². The standard InChI is InChI=1S/C14H25N3O2S/c1-11(2)17(12(3)4)10-9-16-14-13(20(5,18)19)7-6-8-15-14/h6-8,11-12H,9-10H2,1-5H3,(H,15,16). The van der Waals surface area contributed by atoms with Crippen molar-refractivity contribution in [2.75, 3.05) is 24.7 Å². The molecule has 1 rings (SSSR count). The highest BCUT2D eigenvalue weighted by Gasteiger charge is 2.15. The number of pyridine rings is 1. The van der Waals surface area contributed by atoms with Gasteiger partial charge in [0.1, 0.15) is 10.7 Å². The molecule has 1 heterocycles. The zero-order valence-corrected chi connectivity index (χ0v) is 13.7. The minimum atomic E-state index is -3.26. The second kappa shape index (κ2) is 7.04. The summed E-state index contributed by atoms with van der Waals surface area (Å²) >= 11 is 0. The van der Waals surface area contributed by atoms with E-state index < -0.39 is 9.84 Å². The summed E-state index contributed by atoms with van der Waals surface area (Å²) in [7, 11) is -3.26. The molecule has 0 atom stereocenters. The average Bonchev–Trinajstić information content (AvgIpc) is 2.33.